The molecule has 2 heterocycles. The summed E-state index contributed by atoms with van der Waals surface area (Å²) in [5.41, 5.74) is 4.71. The van der Waals surface area contributed by atoms with E-state index in [0.29, 0.717) is 17.0 Å². The molecule has 0 amide bonds. The molecule has 0 saturated heterocycles. The van der Waals surface area contributed by atoms with Crippen molar-refractivity contribution in [2.24, 2.45) is 0 Å². The van der Waals surface area contributed by atoms with E-state index < -0.39 is 10.0 Å². The van der Waals surface area contributed by atoms with Gasteiger partial charge in [-0.3, -0.25) is 4.72 Å². The Bertz CT molecular complexity index is 1410. The van der Waals surface area contributed by atoms with Crippen LogP contribution in [-0.4, -0.2) is 24.6 Å². The molecule has 0 unspecified atom stereocenters. The number of anilines is 1. The zero-order chi connectivity index (χ0) is 22.6. The Morgan fingerprint density at radius 3 is 2.75 bits per heavy atom. The van der Waals surface area contributed by atoms with Crippen LogP contribution in [0.1, 0.15) is 11.1 Å². The maximum absolute atomic E-state index is 11.5. The quantitative estimate of drug-likeness (QED) is 0.357. The number of thioether (sulfide) groups is 1. The summed E-state index contributed by atoms with van der Waals surface area (Å²) >= 11 is 3.09. The van der Waals surface area contributed by atoms with Gasteiger partial charge in [-0.15, -0.1) is 23.1 Å². The van der Waals surface area contributed by atoms with E-state index in [9.17, 15) is 13.7 Å². The largest absolute Gasteiger partial charge is 0.284 e. The summed E-state index contributed by atoms with van der Waals surface area (Å²) in [7, 11) is -3.34. The van der Waals surface area contributed by atoms with Crippen molar-refractivity contribution in [1.82, 2.24) is 9.97 Å². The highest BCUT2D eigenvalue weighted by Crippen LogP contribution is 2.32. The Hall–Kier alpha value is -3.19. The second-order valence-electron chi connectivity index (χ2n) is 6.93. The topological polar surface area (TPSA) is 95.7 Å². The minimum atomic E-state index is -3.34. The van der Waals surface area contributed by atoms with Gasteiger partial charge in [-0.1, -0.05) is 30.3 Å². The molecule has 0 aliphatic heterocycles. The van der Waals surface area contributed by atoms with Gasteiger partial charge in [-0.25, -0.2) is 18.4 Å². The minimum Gasteiger partial charge on any atom is -0.284 e. The average Bonchev–Trinajstić information content (AvgIpc) is 3.28. The molecule has 1 N–H and O–H groups in total. The number of hydrogen-bond acceptors (Lipinski definition) is 7. The van der Waals surface area contributed by atoms with Gasteiger partial charge in [0, 0.05) is 34.1 Å². The molecule has 0 radical (unpaired) electrons. The number of aromatic nitrogens is 2. The molecule has 4 aromatic rings. The highest BCUT2D eigenvalue weighted by Gasteiger charge is 2.10. The maximum Gasteiger partial charge on any atom is 0.229 e. The number of rotatable bonds is 7. The Labute approximate surface area is 195 Å². The third kappa shape index (κ3) is 5.53. The molecular formula is C23H18N4O2S3. The lowest BCUT2D eigenvalue weighted by Crippen LogP contribution is -2.09. The molecule has 32 heavy (non-hydrogen) atoms. The third-order valence-corrected chi connectivity index (χ3v) is 6.93. The van der Waals surface area contributed by atoms with Gasteiger partial charge < -0.3 is 0 Å². The van der Waals surface area contributed by atoms with Crippen LogP contribution in [0.15, 0.2) is 77.3 Å². The van der Waals surface area contributed by atoms with Crippen LogP contribution in [0.2, 0.25) is 0 Å². The first kappa shape index (κ1) is 22.0. The lowest BCUT2D eigenvalue weighted by atomic mass is 10.1. The molecule has 2 aromatic carbocycles. The summed E-state index contributed by atoms with van der Waals surface area (Å²) in [4.78, 5) is 9.17. The van der Waals surface area contributed by atoms with Gasteiger partial charge in [0.25, 0.3) is 0 Å². The lowest BCUT2D eigenvalue weighted by molar-refractivity contribution is 0.607. The molecule has 2 aromatic heterocycles. The van der Waals surface area contributed by atoms with Crippen molar-refractivity contribution in [3.8, 4) is 27.9 Å². The molecule has 0 spiro atoms. The van der Waals surface area contributed by atoms with E-state index in [2.05, 4.69) is 15.8 Å². The number of nitriles is 1. The van der Waals surface area contributed by atoms with Crippen LogP contribution < -0.4 is 4.72 Å². The van der Waals surface area contributed by atoms with E-state index in [1.54, 1.807) is 36.2 Å². The summed E-state index contributed by atoms with van der Waals surface area (Å²) < 4.78 is 25.5. The number of thiazole rings is 1. The second-order valence-corrected chi connectivity index (χ2v) is 10.5. The minimum absolute atomic E-state index is 0.500. The molecule has 4 rings (SSSR count). The van der Waals surface area contributed by atoms with E-state index in [1.807, 2.05) is 47.8 Å². The SMILES string of the molecule is CS(=O)(=O)Nc1cccc(-c2csc(-c3ccnc(SCc4ccccc4C#N)c3)n2)c1. The van der Waals surface area contributed by atoms with Gasteiger partial charge >= 0.3 is 0 Å². The Morgan fingerprint density at radius 2 is 1.94 bits per heavy atom. The van der Waals surface area contributed by atoms with Crippen LogP contribution >= 0.6 is 23.1 Å². The van der Waals surface area contributed by atoms with Crippen molar-refractivity contribution in [3.63, 3.8) is 0 Å². The number of pyridine rings is 1. The first-order valence-electron chi connectivity index (χ1n) is 9.52. The Kier molecular flexibility index (Phi) is 6.55. The van der Waals surface area contributed by atoms with Crippen molar-refractivity contribution in [3.05, 3.63) is 83.4 Å². The van der Waals surface area contributed by atoms with Gasteiger partial charge in [0.1, 0.15) is 5.01 Å². The smallest absolute Gasteiger partial charge is 0.229 e. The van der Waals surface area contributed by atoms with Crippen LogP contribution in [0.4, 0.5) is 5.69 Å². The standard InChI is InChI=1S/C23H18N4O2S3/c1-32(28,29)27-20-8-4-7-16(11-20)21-15-31-23(26-21)17-9-10-25-22(12-17)30-14-19-6-3-2-5-18(19)13-24/h2-12,15,27H,14H2,1H3. The van der Waals surface area contributed by atoms with Crippen LogP contribution in [0.3, 0.4) is 0 Å². The van der Waals surface area contributed by atoms with Gasteiger partial charge in [0.15, 0.2) is 0 Å². The molecule has 0 aliphatic carbocycles. The van der Waals surface area contributed by atoms with E-state index >= 15 is 0 Å². The number of benzene rings is 2. The van der Waals surface area contributed by atoms with Crippen molar-refractivity contribution in [1.29, 1.82) is 5.26 Å². The van der Waals surface area contributed by atoms with Gasteiger partial charge in [0.05, 0.1) is 28.6 Å². The monoisotopic (exact) mass is 478 g/mol. The second kappa shape index (κ2) is 9.53. The van der Waals surface area contributed by atoms with Crippen molar-refractivity contribution in [2.75, 3.05) is 11.0 Å². The van der Waals surface area contributed by atoms with E-state index in [1.165, 1.54) is 11.3 Å². The molecule has 160 valence electrons. The fourth-order valence-electron chi connectivity index (χ4n) is 3.02. The number of nitrogens with zero attached hydrogens (tertiary/aromatic N) is 3. The number of hydrogen-bond donors (Lipinski definition) is 1. The molecule has 0 aliphatic rings. The molecule has 0 fully saturated rings. The van der Waals surface area contributed by atoms with Crippen molar-refractivity contribution < 1.29 is 8.42 Å². The summed E-state index contributed by atoms with van der Waals surface area (Å²) in [6.07, 6.45) is 2.88. The molecule has 0 atom stereocenters. The summed E-state index contributed by atoms with van der Waals surface area (Å²) in [6.45, 7) is 0. The predicted octanol–water partition coefficient (Wildman–Crippen LogP) is 5.41. The summed E-state index contributed by atoms with van der Waals surface area (Å²) in [6, 6.07) is 20.8. The van der Waals surface area contributed by atoms with E-state index in [0.717, 1.165) is 38.7 Å². The molecule has 0 saturated carbocycles. The van der Waals surface area contributed by atoms with Crippen molar-refractivity contribution in [2.45, 2.75) is 10.8 Å². The predicted molar refractivity (Wildman–Crippen MR) is 130 cm³/mol. The lowest BCUT2D eigenvalue weighted by Gasteiger charge is -2.05. The molecule has 6 nitrogen and oxygen atoms in total. The summed E-state index contributed by atoms with van der Waals surface area (Å²) in [5.74, 6) is 0.656. The van der Waals surface area contributed by atoms with Crippen LogP contribution in [0.5, 0.6) is 0 Å². The third-order valence-electron chi connectivity index (χ3n) is 4.46. The summed E-state index contributed by atoms with van der Waals surface area (Å²) in [5, 5.41) is 12.9. The zero-order valence-corrected chi connectivity index (χ0v) is 19.5. The zero-order valence-electron chi connectivity index (χ0n) is 17.0. The van der Waals surface area contributed by atoms with Gasteiger partial charge in [-0.2, -0.15) is 5.26 Å². The van der Waals surface area contributed by atoms with Gasteiger partial charge in [-0.05, 0) is 35.9 Å². The van der Waals surface area contributed by atoms with Crippen LogP contribution in [0.25, 0.3) is 21.8 Å². The Morgan fingerprint density at radius 1 is 1.09 bits per heavy atom. The fraction of sp³-hybridized carbons (Fsp3) is 0.0870. The van der Waals surface area contributed by atoms with Crippen LogP contribution in [-0.2, 0) is 15.8 Å². The normalized spacial score (nSPS) is 11.1. The molecule has 9 heteroatoms. The van der Waals surface area contributed by atoms with E-state index in [4.69, 9.17) is 4.98 Å². The highest BCUT2D eigenvalue weighted by atomic mass is 32.2. The highest BCUT2D eigenvalue weighted by molar-refractivity contribution is 7.98. The molecular weight excluding hydrogens is 460 g/mol. The van der Waals surface area contributed by atoms with E-state index in [-0.39, 0.29) is 0 Å². The number of sulfonamides is 1. The van der Waals surface area contributed by atoms with Crippen LogP contribution in [0, 0.1) is 11.3 Å². The number of nitrogens with one attached hydrogen (secondary N) is 1. The maximum atomic E-state index is 11.5. The van der Waals surface area contributed by atoms with Gasteiger partial charge in [0.2, 0.25) is 10.0 Å². The fourth-order valence-corrected chi connectivity index (χ4v) is 5.31. The molecule has 0 bridgehead atoms. The first-order chi connectivity index (χ1) is 15.4. The Balaban J connectivity index is 1.53. The first-order valence-corrected chi connectivity index (χ1v) is 13.3. The van der Waals surface area contributed by atoms with Crippen molar-refractivity contribution >= 4 is 38.8 Å². The average molecular weight is 479 g/mol.